The van der Waals surface area contributed by atoms with Gasteiger partial charge in [-0.1, -0.05) is 37.6 Å². The zero-order valence-corrected chi connectivity index (χ0v) is 15.1. The molecule has 7 nitrogen and oxygen atoms in total. The molecule has 0 bridgehead atoms. The summed E-state index contributed by atoms with van der Waals surface area (Å²) in [5, 5.41) is 20.3. The third-order valence-electron chi connectivity index (χ3n) is 3.88. The number of hydrogen-bond donors (Lipinski definition) is 2. The summed E-state index contributed by atoms with van der Waals surface area (Å²) in [7, 11) is -3.97. The van der Waals surface area contributed by atoms with Crippen LogP contribution < -0.4 is 4.72 Å². The molecule has 0 fully saturated rings. The fraction of sp³-hybridized carbons (Fsp3) is 0.250. The Balaban J connectivity index is 2.33. The molecule has 2 rings (SSSR count). The monoisotopic (exact) mass is 384 g/mol. The zero-order chi connectivity index (χ0) is 18.8. The average Bonchev–Trinajstić information content (AvgIpc) is 2.56. The fourth-order valence-corrected chi connectivity index (χ4v) is 3.49. The molecule has 9 heteroatoms. The van der Waals surface area contributed by atoms with E-state index in [1.165, 1.54) is 12.1 Å². The van der Waals surface area contributed by atoms with Crippen molar-refractivity contribution in [3.05, 3.63) is 57.1 Å². The largest absolute Gasteiger partial charge is 0.505 e. The van der Waals surface area contributed by atoms with Crippen LogP contribution in [0.25, 0.3) is 0 Å². The smallest absolute Gasteiger partial charge is 0.291 e. The molecule has 0 heterocycles. The standard InChI is InChI=1S/C16H17ClN2O5S/c1-3-10(2)11-4-6-12(7-5-11)25(23,24)18-14-8-13(17)15(19(21)22)9-16(14)20/h4-10,18,20H,3H2,1-2H3/t10-/m1/s1. The molecular weight excluding hydrogens is 368 g/mol. The number of anilines is 1. The van der Waals surface area contributed by atoms with Gasteiger partial charge in [0.05, 0.1) is 21.6 Å². The molecule has 134 valence electrons. The van der Waals surface area contributed by atoms with E-state index >= 15 is 0 Å². The third kappa shape index (κ3) is 4.21. The Morgan fingerprint density at radius 2 is 1.88 bits per heavy atom. The third-order valence-corrected chi connectivity index (χ3v) is 5.56. The Labute approximate surface area is 150 Å². The van der Waals surface area contributed by atoms with Gasteiger partial charge in [0.25, 0.3) is 15.7 Å². The van der Waals surface area contributed by atoms with Crippen molar-refractivity contribution in [1.29, 1.82) is 0 Å². The Morgan fingerprint density at radius 3 is 2.40 bits per heavy atom. The highest BCUT2D eigenvalue weighted by atomic mass is 35.5. The van der Waals surface area contributed by atoms with Crippen LogP contribution in [0.15, 0.2) is 41.3 Å². The van der Waals surface area contributed by atoms with Crippen molar-refractivity contribution in [3.63, 3.8) is 0 Å². The predicted octanol–water partition coefficient (Wildman–Crippen LogP) is 4.27. The normalized spacial score (nSPS) is 12.6. The van der Waals surface area contributed by atoms with Crippen molar-refractivity contribution >= 4 is 33.0 Å². The van der Waals surface area contributed by atoms with Crippen LogP contribution in [0.2, 0.25) is 5.02 Å². The van der Waals surface area contributed by atoms with Crippen molar-refractivity contribution in [2.75, 3.05) is 4.72 Å². The first-order valence-corrected chi connectivity index (χ1v) is 9.31. The Morgan fingerprint density at radius 1 is 1.28 bits per heavy atom. The topological polar surface area (TPSA) is 110 Å². The van der Waals surface area contributed by atoms with Crippen LogP contribution in [0.3, 0.4) is 0 Å². The fourth-order valence-electron chi connectivity index (χ4n) is 2.19. The number of sulfonamides is 1. The number of halogens is 1. The molecule has 0 radical (unpaired) electrons. The van der Waals surface area contributed by atoms with E-state index in [0.717, 1.165) is 24.1 Å². The van der Waals surface area contributed by atoms with Gasteiger partial charge in [0.1, 0.15) is 10.8 Å². The number of benzene rings is 2. The molecule has 2 aromatic rings. The molecule has 2 aromatic carbocycles. The van der Waals surface area contributed by atoms with Gasteiger partial charge in [-0.3, -0.25) is 14.8 Å². The van der Waals surface area contributed by atoms with Gasteiger partial charge < -0.3 is 5.11 Å². The minimum Gasteiger partial charge on any atom is -0.505 e. The molecule has 0 unspecified atom stereocenters. The maximum atomic E-state index is 12.4. The van der Waals surface area contributed by atoms with Gasteiger partial charge >= 0.3 is 0 Å². The first-order chi connectivity index (χ1) is 11.7. The SMILES string of the molecule is CC[C@@H](C)c1ccc(S(=O)(=O)Nc2cc(Cl)c([N+](=O)[O-])cc2O)cc1. The van der Waals surface area contributed by atoms with Gasteiger partial charge in [-0.15, -0.1) is 0 Å². The Hall–Kier alpha value is -2.32. The highest BCUT2D eigenvalue weighted by molar-refractivity contribution is 7.92. The van der Waals surface area contributed by atoms with E-state index in [-0.39, 0.29) is 15.6 Å². The average molecular weight is 385 g/mol. The van der Waals surface area contributed by atoms with E-state index in [1.54, 1.807) is 12.1 Å². The van der Waals surface area contributed by atoms with E-state index in [9.17, 15) is 23.6 Å². The number of aromatic hydroxyl groups is 1. The molecule has 0 amide bonds. The number of rotatable bonds is 6. The number of nitro benzene ring substituents is 1. The quantitative estimate of drug-likeness (QED) is 0.439. The summed E-state index contributed by atoms with van der Waals surface area (Å²) in [6.07, 6.45) is 0.930. The van der Waals surface area contributed by atoms with Crippen molar-refractivity contribution < 1.29 is 18.4 Å². The van der Waals surface area contributed by atoms with Gasteiger partial charge in [-0.2, -0.15) is 0 Å². The summed E-state index contributed by atoms with van der Waals surface area (Å²) in [5.74, 6) is -0.280. The summed E-state index contributed by atoms with van der Waals surface area (Å²) in [4.78, 5) is 10.0. The van der Waals surface area contributed by atoms with Crippen molar-refractivity contribution in [2.45, 2.75) is 31.1 Å². The summed E-state index contributed by atoms with van der Waals surface area (Å²) in [6, 6.07) is 8.19. The van der Waals surface area contributed by atoms with E-state index in [0.29, 0.717) is 5.92 Å². The van der Waals surface area contributed by atoms with Crippen LogP contribution in [-0.4, -0.2) is 18.4 Å². The molecule has 0 saturated carbocycles. The summed E-state index contributed by atoms with van der Waals surface area (Å²) >= 11 is 5.76. The van der Waals surface area contributed by atoms with Crippen LogP contribution >= 0.6 is 11.6 Å². The molecule has 25 heavy (non-hydrogen) atoms. The zero-order valence-electron chi connectivity index (χ0n) is 13.6. The Bertz CT molecular complexity index is 897. The van der Waals surface area contributed by atoms with Crippen LogP contribution in [0.4, 0.5) is 11.4 Å². The molecule has 2 N–H and O–H groups in total. The lowest BCUT2D eigenvalue weighted by Gasteiger charge is -2.12. The number of nitrogens with one attached hydrogen (secondary N) is 1. The van der Waals surface area contributed by atoms with Crippen LogP contribution in [-0.2, 0) is 10.0 Å². The van der Waals surface area contributed by atoms with Crippen molar-refractivity contribution in [1.82, 2.24) is 0 Å². The molecule has 0 aliphatic rings. The number of phenols is 1. The van der Waals surface area contributed by atoms with Crippen LogP contribution in [0, 0.1) is 10.1 Å². The number of nitrogens with zero attached hydrogens (tertiary/aromatic N) is 1. The molecule has 0 spiro atoms. The van der Waals surface area contributed by atoms with Gasteiger partial charge in [0.15, 0.2) is 0 Å². The number of nitro groups is 1. The maximum absolute atomic E-state index is 12.4. The van der Waals surface area contributed by atoms with Gasteiger partial charge in [-0.05, 0) is 36.1 Å². The van der Waals surface area contributed by atoms with Crippen molar-refractivity contribution in [2.24, 2.45) is 0 Å². The Kier molecular flexibility index (Phi) is 5.54. The molecule has 0 aromatic heterocycles. The predicted molar refractivity (Wildman–Crippen MR) is 95.7 cm³/mol. The lowest BCUT2D eigenvalue weighted by molar-refractivity contribution is -0.384. The molecule has 1 atom stereocenters. The van der Waals surface area contributed by atoms with E-state index in [4.69, 9.17) is 11.6 Å². The minimum atomic E-state index is -3.97. The second-order valence-electron chi connectivity index (χ2n) is 5.56. The summed E-state index contributed by atoms with van der Waals surface area (Å²) < 4.78 is 27.1. The lowest BCUT2D eigenvalue weighted by atomic mass is 9.99. The van der Waals surface area contributed by atoms with E-state index in [2.05, 4.69) is 4.72 Å². The molecule has 0 saturated heterocycles. The molecule has 0 aliphatic carbocycles. The first-order valence-electron chi connectivity index (χ1n) is 7.45. The number of phenolic OH excluding ortho intramolecular Hbond substituents is 1. The summed E-state index contributed by atoms with van der Waals surface area (Å²) in [6.45, 7) is 4.08. The highest BCUT2D eigenvalue weighted by Gasteiger charge is 2.21. The first kappa shape index (κ1) is 19.0. The van der Waals surface area contributed by atoms with Crippen LogP contribution in [0.5, 0.6) is 5.75 Å². The van der Waals surface area contributed by atoms with Crippen molar-refractivity contribution in [3.8, 4) is 5.75 Å². The van der Waals surface area contributed by atoms with Gasteiger partial charge in [0.2, 0.25) is 0 Å². The molecular formula is C16H17ClN2O5S. The maximum Gasteiger partial charge on any atom is 0.291 e. The highest BCUT2D eigenvalue weighted by Crippen LogP contribution is 2.36. The van der Waals surface area contributed by atoms with E-state index < -0.39 is 26.4 Å². The van der Waals surface area contributed by atoms with Gasteiger partial charge in [0, 0.05) is 0 Å². The second kappa shape index (κ2) is 7.28. The number of hydrogen-bond acceptors (Lipinski definition) is 5. The van der Waals surface area contributed by atoms with Crippen LogP contribution in [0.1, 0.15) is 31.7 Å². The molecule has 0 aliphatic heterocycles. The van der Waals surface area contributed by atoms with Gasteiger partial charge in [-0.25, -0.2) is 8.42 Å². The second-order valence-corrected chi connectivity index (χ2v) is 7.65. The summed E-state index contributed by atoms with van der Waals surface area (Å²) in [5.41, 5.74) is 0.268. The lowest BCUT2D eigenvalue weighted by Crippen LogP contribution is -2.13. The van der Waals surface area contributed by atoms with E-state index in [1.807, 2.05) is 13.8 Å². The minimum absolute atomic E-state index is 0.00780.